The fraction of sp³-hybridized carbons (Fsp3) is 0.0833. The van der Waals surface area contributed by atoms with Gasteiger partial charge in [-0.05, 0) is 41.8 Å². The standard InChI is InChI=1S/C12H12N2/c1-9-11(3-2-4-12(9)13)10-5-7-14-8-6-10/h2-8H,13H2,1H3. The van der Waals surface area contributed by atoms with Crippen LogP contribution in [0.5, 0.6) is 0 Å². The van der Waals surface area contributed by atoms with Gasteiger partial charge >= 0.3 is 0 Å². The van der Waals surface area contributed by atoms with E-state index in [0.29, 0.717) is 0 Å². The van der Waals surface area contributed by atoms with Crippen molar-refractivity contribution in [2.24, 2.45) is 0 Å². The molecule has 2 rings (SSSR count). The van der Waals surface area contributed by atoms with Crippen molar-refractivity contribution in [2.45, 2.75) is 6.92 Å². The maximum atomic E-state index is 5.84. The first-order valence-electron chi connectivity index (χ1n) is 4.54. The first-order chi connectivity index (χ1) is 6.79. The number of pyridine rings is 1. The van der Waals surface area contributed by atoms with Gasteiger partial charge in [-0.3, -0.25) is 4.98 Å². The number of nitrogen functional groups attached to an aromatic ring is 1. The molecule has 2 N–H and O–H groups in total. The molecule has 70 valence electrons. The van der Waals surface area contributed by atoms with Gasteiger partial charge in [0, 0.05) is 18.1 Å². The second kappa shape index (κ2) is 3.50. The Balaban J connectivity index is 2.58. The van der Waals surface area contributed by atoms with Gasteiger partial charge < -0.3 is 5.73 Å². The molecule has 0 radical (unpaired) electrons. The minimum absolute atomic E-state index is 0.833. The zero-order valence-corrected chi connectivity index (χ0v) is 8.07. The van der Waals surface area contributed by atoms with Crippen LogP contribution in [0, 0.1) is 6.92 Å². The lowest BCUT2D eigenvalue weighted by molar-refractivity contribution is 1.32. The van der Waals surface area contributed by atoms with Crippen LogP contribution in [0.2, 0.25) is 0 Å². The Hall–Kier alpha value is -1.83. The predicted octanol–water partition coefficient (Wildman–Crippen LogP) is 2.64. The van der Waals surface area contributed by atoms with Crippen molar-refractivity contribution in [1.29, 1.82) is 0 Å². The highest BCUT2D eigenvalue weighted by molar-refractivity contribution is 5.72. The second-order valence-electron chi connectivity index (χ2n) is 3.26. The number of nitrogens with two attached hydrogens (primary N) is 1. The maximum absolute atomic E-state index is 5.84. The van der Waals surface area contributed by atoms with Gasteiger partial charge in [-0.1, -0.05) is 12.1 Å². The van der Waals surface area contributed by atoms with E-state index in [-0.39, 0.29) is 0 Å². The van der Waals surface area contributed by atoms with Crippen LogP contribution in [-0.4, -0.2) is 4.98 Å². The van der Waals surface area contributed by atoms with Crippen LogP contribution >= 0.6 is 0 Å². The van der Waals surface area contributed by atoms with E-state index in [1.165, 1.54) is 5.56 Å². The quantitative estimate of drug-likeness (QED) is 0.692. The van der Waals surface area contributed by atoms with Crippen LogP contribution in [0.15, 0.2) is 42.7 Å². The van der Waals surface area contributed by atoms with Gasteiger partial charge in [0.2, 0.25) is 0 Å². The summed E-state index contributed by atoms with van der Waals surface area (Å²) in [6, 6.07) is 9.93. The summed E-state index contributed by atoms with van der Waals surface area (Å²) in [4.78, 5) is 3.99. The molecule has 0 saturated heterocycles. The molecule has 0 aliphatic rings. The van der Waals surface area contributed by atoms with E-state index in [9.17, 15) is 0 Å². The van der Waals surface area contributed by atoms with E-state index < -0.39 is 0 Å². The maximum Gasteiger partial charge on any atom is 0.0349 e. The van der Waals surface area contributed by atoms with E-state index in [1.807, 2.05) is 31.2 Å². The van der Waals surface area contributed by atoms with Gasteiger partial charge in [0.25, 0.3) is 0 Å². The van der Waals surface area contributed by atoms with E-state index in [0.717, 1.165) is 16.8 Å². The molecule has 2 aromatic rings. The van der Waals surface area contributed by atoms with Crippen LogP contribution in [-0.2, 0) is 0 Å². The zero-order chi connectivity index (χ0) is 9.97. The van der Waals surface area contributed by atoms with Crippen LogP contribution < -0.4 is 5.73 Å². The molecule has 0 fully saturated rings. The number of benzene rings is 1. The fourth-order valence-corrected chi connectivity index (χ4v) is 1.50. The third-order valence-corrected chi connectivity index (χ3v) is 2.37. The van der Waals surface area contributed by atoms with Crippen molar-refractivity contribution in [3.8, 4) is 11.1 Å². The molecule has 2 heteroatoms. The summed E-state index contributed by atoms with van der Waals surface area (Å²) in [7, 11) is 0. The molecule has 0 atom stereocenters. The minimum atomic E-state index is 0.833. The third-order valence-electron chi connectivity index (χ3n) is 2.37. The van der Waals surface area contributed by atoms with Crippen molar-refractivity contribution >= 4 is 5.69 Å². The van der Waals surface area contributed by atoms with E-state index in [1.54, 1.807) is 12.4 Å². The SMILES string of the molecule is Cc1c(N)cccc1-c1ccncc1. The van der Waals surface area contributed by atoms with Crippen molar-refractivity contribution in [3.05, 3.63) is 48.3 Å². The van der Waals surface area contributed by atoms with Crippen LogP contribution in [0.25, 0.3) is 11.1 Å². The van der Waals surface area contributed by atoms with Gasteiger partial charge in [0.15, 0.2) is 0 Å². The molecule has 1 aromatic carbocycles. The first-order valence-corrected chi connectivity index (χ1v) is 4.54. The van der Waals surface area contributed by atoms with Crippen molar-refractivity contribution in [3.63, 3.8) is 0 Å². The van der Waals surface area contributed by atoms with Gasteiger partial charge in [0.05, 0.1) is 0 Å². The zero-order valence-electron chi connectivity index (χ0n) is 8.07. The molecule has 0 spiro atoms. The normalized spacial score (nSPS) is 10.1. The molecule has 0 bridgehead atoms. The number of hydrogen-bond acceptors (Lipinski definition) is 2. The summed E-state index contributed by atoms with van der Waals surface area (Å²) in [6.45, 7) is 2.03. The van der Waals surface area contributed by atoms with Crippen molar-refractivity contribution in [1.82, 2.24) is 4.98 Å². The molecule has 14 heavy (non-hydrogen) atoms. The average molecular weight is 184 g/mol. The lowest BCUT2D eigenvalue weighted by Crippen LogP contribution is -1.91. The number of nitrogens with zero attached hydrogens (tertiary/aromatic N) is 1. The number of hydrogen-bond donors (Lipinski definition) is 1. The van der Waals surface area contributed by atoms with Gasteiger partial charge in [0.1, 0.15) is 0 Å². The summed E-state index contributed by atoms with van der Waals surface area (Å²) in [5.41, 5.74) is 10.1. The minimum Gasteiger partial charge on any atom is -0.398 e. The molecule has 0 aliphatic heterocycles. The second-order valence-corrected chi connectivity index (χ2v) is 3.26. The fourth-order valence-electron chi connectivity index (χ4n) is 1.50. The van der Waals surface area contributed by atoms with Gasteiger partial charge in [-0.25, -0.2) is 0 Å². The van der Waals surface area contributed by atoms with E-state index in [2.05, 4.69) is 11.1 Å². The van der Waals surface area contributed by atoms with Crippen molar-refractivity contribution < 1.29 is 0 Å². The van der Waals surface area contributed by atoms with Gasteiger partial charge in [-0.15, -0.1) is 0 Å². The highest BCUT2D eigenvalue weighted by atomic mass is 14.6. The predicted molar refractivity (Wildman–Crippen MR) is 58.8 cm³/mol. The summed E-state index contributed by atoms with van der Waals surface area (Å²) in [5, 5.41) is 0. The third kappa shape index (κ3) is 1.46. The van der Waals surface area contributed by atoms with Crippen LogP contribution in [0.3, 0.4) is 0 Å². The first kappa shape index (κ1) is 8.75. The Kier molecular flexibility index (Phi) is 2.19. The van der Waals surface area contributed by atoms with Crippen LogP contribution in [0.4, 0.5) is 5.69 Å². The summed E-state index contributed by atoms with van der Waals surface area (Å²) < 4.78 is 0. The summed E-state index contributed by atoms with van der Waals surface area (Å²) in [6.07, 6.45) is 3.58. The molecule has 1 heterocycles. The Labute approximate surface area is 83.4 Å². The highest BCUT2D eigenvalue weighted by Gasteiger charge is 2.02. The number of rotatable bonds is 1. The molecule has 0 unspecified atom stereocenters. The molecular weight excluding hydrogens is 172 g/mol. The molecule has 0 saturated carbocycles. The topological polar surface area (TPSA) is 38.9 Å². The summed E-state index contributed by atoms with van der Waals surface area (Å²) in [5.74, 6) is 0. The summed E-state index contributed by atoms with van der Waals surface area (Å²) >= 11 is 0. The number of aromatic nitrogens is 1. The Morgan fingerprint density at radius 3 is 2.50 bits per heavy atom. The lowest BCUT2D eigenvalue weighted by Gasteiger charge is -2.07. The Bertz CT molecular complexity index is 435. The van der Waals surface area contributed by atoms with Gasteiger partial charge in [-0.2, -0.15) is 0 Å². The van der Waals surface area contributed by atoms with Crippen molar-refractivity contribution in [2.75, 3.05) is 5.73 Å². The smallest absolute Gasteiger partial charge is 0.0349 e. The molecule has 2 nitrogen and oxygen atoms in total. The number of anilines is 1. The van der Waals surface area contributed by atoms with E-state index >= 15 is 0 Å². The molecule has 0 aliphatic carbocycles. The molecule has 0 amide bonds. The average Bonchev–Trinajstić information content (AvgIpc) is 2.23. The lowest BCUT2D eigenvalue weighted by atomic mass is 10.0. The highest BCUT2D eigenvalue weighted by Crippen LogP contribution is 2.25. The Morgan fingerprint density at radius 1 is 1.07 bits per heavy atom. The largest absolute Gasteiger partial charge is 0.398 e. The molecular formula is C12H12N2. The Morgan fingerprint density at radius 2 is 1.79 bits per heavy atom. The van der Waals surface area contributed by atoms with Crippen LogP contribution in [0.1, 0.15) is 5.56 Å². The van der Waals surface area contributed by atoms with E-state index in [4.69, 9.17) is 5.73 Å². The molecule has 1 aromatic heterocycles. The monoisotopic (exact) mass is 184 g/mol.